The van der Waals surface area contributed by atoms with E-state index in [-0.39, 0.29) is 11.9 Å². The quantitative estimate of drug-likeness (QED) is 0.912. The zero-order valence-electron chi connectivity index (χ0n) is 9.10. The SMILES string of the molecule is CNCc1cc(F)cc(Br)c1OC(C)C. The van der Waals surface area contributed by atoms with Crippen molar-refractivity contribution in [2.75, 3.05) is 7.05 Å². The van der Waals surface area contributed by atoms with E-state index in [1.165, 1.54) is 12.1 Å². The Bertz CT molecular complexity index is 342. The van der Waals surface area contributed by atoms with Gasteiger partial charge in [0.2, 0.25) is 0 Å². The zero-order chi connectivity index (χ0) is 11.4. The van der Waals surface area contributed by atoms with Crippen molar-refractivity contribution in [3.8, 4) is 5.75 Å². The van der Waals surface area contributed by atoms with Gasteiger partial charge in [-0.25, -0.2) is 4.39 Å². The topological polar surface area (TPSA) is 21.3 Å². The minimum Gasteiger partial charge on any atom is -0.489 e. The molecule has 0 radical (unpaired) electrons. The Morgan fingerprint density at radius 2 is 2.13 bits per heavy atom. The van der Waals surface area contributed by atoms with Crippen molar-refractivity contribution < 1.29 is 9.13 Å². The lowest BCUT2D eigenvalue weighted by atomic mass is 10.2. The van der Waals surface area contributed by atoms with E-state index >= 15 is 0 Å². The first kappa shape index (κ1) is 12.5. The summed E-state index contributed by atoms with van der Waals surface area (Å²) in [6.45, 7) is 4.47. The molecule has 0 saturated carbocycles. The third-order valence-electron chi connectivity index (χ3n) is 1.81. The number of halogens is 2. The number of hydrogen-bond donors (Lipinski definition) is 1. The van der Waals surface area contributed by atoms with E-state index in [0.717, 1.165) is 5.56 Å². The van der Waals surface area contributed by atoms with E-state index in [0.29, 0.717) is 16.8 Å². The van der Waals surface area contributed by atoms with Crippen LogP contribution in [0.15, 0.2) is 16.6 Å². The van der Waals surface area contributed by atoms with Crippen LogP contribution < -0.4 is 10.1 Å². The Morgan fingerprint density at radius 1 is 1.47 bits per heavy atom. The Hall–Kier alpha value is -0.610. The largest absolute Gasteiger partial charge is 0.489 e. The Balaban J connectivity index is 3.08. The fourth-order valence-corrected chi connectivity index (χ4v) is 1.87. The summed E-state index contributed by atoms with van der Waals surface area (Å²) in [7, 11) is 1.82. The van der Waals surface area contributed by atoms with E-state index in [1.807, 2.05) is 20.9 Å². The maximum atomic E-state index is 13.2. The van der Waals surface area contributed by atoms with E-state index in [4.69, 9.17) is 4.74 Å². The maximum absolute atomic E-state index is 13.2. The van der Waals surface area contributed by atoms with Crippen molar-refractivity contribution in [3.63, 3.8) is 0 Å². The van der Waals surface area contributed by atoms with Crippen molar-refractivity contribution in [2.24, 2.45) is 0 Å². The molecule has 0 aliphatic carbocycles. The van der Waals surface area contributed by atoms with Crippen molar-refractivity contribution >= 4 is 15.9 Å². The van der Waals surface area contributed by atoms with Gasteiger partial charge < -0.3 is 10.1 Å². The number of nitrogens with one attached hydrogen (secondary N) is 1. The van der Waals surface area contributed by atoms with Crippen LogP contribution in [-0.4, -0.2) is 13.2 Å². The highest BCUT2D eigenvalue weighted by atomic mass is 79.9. The van der Waals surface area contributed by atoms with Gasteiger partial charge in [0, 0.05) is 12.1 Å². The van der Waals surface area contributed by atoms with Crippen LogP contribution in [0.25, 0.3) is 0 Å². The van der Waals surface area contributed by atoms with Gasteiger partial charge in [0.15, 0.2) is 0 Å². The highest BCUT2D eigenvalue weighted by Gasteiger charge is 2.11. The molecule has 0 unspecified atom stereocenters. The molecule has 0 atom stereocenters. The molecule has 0 aliphatic rings. The molecule has 0 amide bonds. The summed E-state index contributed by atoms with van der Waals surface area (Å²) in [5.41, 5.74) is 0.818. The Labute approximate surface area is 98.0 Å². The lowest BCUT2D eigenvalue weighted by molar-refractivity contribution is 0.237. The van der Waals surface area contributed by atoms with Crippen molar-refractivity contribution in [1.29, 1.82) is 0 Å². The molecule has 1 aromatic carbocycles. The van der Waals surface area contributed by atoms with Gasteiger partial charge in [0.1, 0.15) is 11.6 Å². The molecule has 0 bridgehead atoms. The normalized spacial score (nSPS) is 10.8. The van der Waals surface area contributed by atoms with Crippen LogP contribution >= 0.6 is 15.9 Å². The summed E-state index contributed by atoms with van der Waals surface area (Å²) < 4.78 is 19.4. The molecular weight excluding hydrogens is 261 g/mol. The zero-order valence-corrected chi connectivity index (χ0v) is 10.7. The molecule has 0 heterocycles. The van der Waals surface area contributed by atoms with E-state index in [2.05, 4.69) is 21.2 Å². The van der Waals surface area contributed by atoms with Crippen LogP contribution in [0.3, 0.4) is 0 Å². The smallest absolute Gasteiger partial charge is 0.138 e. The molecule has 1 N–H and O–H groups in total. The van der Waals surface area contributed by atoms with Crippen molar-refractivity contribution in [1.82, 2.24) is 5.32 Å². The molecule has 1 rings (SSSR count). The highest BCUT2D eigenvalue weighted by Crippen LogP contribution is 2.31. The third-order valence-corrected chi connectivity index (χ3v) is 2.40. The van der Waals surface area contributed by atoms with Gasteiger partial charge in [-0.15, -0.1) is 0 Å². The van der Waals surface area contributed by atoms with Crippen molar-refractivity contribution in [2.45, 2.75) is 26.5 Å². The molecule has 2 nitrogen and oxygen atoms in total. The minimum atomic E-state index is -0.261. The average Bonchev–Trinajstić information content (AvgIpc) is 2.11. The summed E-state index contributed by atoms with van der Waals surface area (Å²) in [5.74, 6) is 0.448. The predicted molar refractivity (Wildman–Crippen MR) is 62.6 cm³/mol. The molecule has 0 fully saturated rings. The summed E-state index contributed by atoms with van der Waals surface area (Å²) in [6.07, 6.45) is 0.0716. The van der Waals surface area contributed by atoms with Crippen molar-refractivity contribution in [3.05, 3.63) is 28.0 Å². The van der Waals surface area contributed by atoms with E-state index in [9.17, 15) is 4.39 Å². The molecular formula is C11H15BrFNO. The second-order valence-corrected chi connectivity index (χ2v) is 4.43. The van der Waals surface area contributed by atoms with Crippen LogP contribution in [-0.2, 0) is 6.54 Å². The predicted octanol–water partition coefficient (Wildman–Crippen LogP) is 3.09. The molecule has 1 aromatic rings. The summed E-state index contributed by atoms with van der Waals surface area (Å²) in [4.78, 5) is 0. The Morgan fingerprint density at radius 3 is 2.67 bits per heavy atom. The minimum absolute atomic E-state index is 0.0716. The van der Waals surface area contributed by atoms with Crippen LogP contribution in [0.4, 0.5) is 4.39 Å². The third kappa shape index (κ3) is 3.47. The highest BCUT2D eigenvalue weighted by molar-refractivity contribution is 9.10. The summed E-state index contributed by atoms with van der Waals surface area (Å²) in [5, 5.41) is 2.98. The molecule has 0 saturated heterocycles. The summed E-state index contributed by atoms with van der Waals surface area (Å²) >= 11 is 3.30. The Kier molecular flexibility index (Phi) is 4.54. The number of rotatable bonds is 4. The first-order chi connectivity index (χ1) is 7.04. The molecule has 84 valence electrons. The van der Waals surface area contributed by atoms with Gasteiger partial charge in [0.05, 0.1) is 10.6 Å². The molecule has 0 aliphatic heterocycles. The fraction of sp³-hybridized carbons (Fsp3) is 0.455. The second kappa shape index (κ2) is 5.47. The first-order valence-electron chi connectivity index (χ1n) is 4.83. The molecule has 4 heteroatoms. The van der Waals surface area contributed by atoms with E-state index in [1.54, 1.807) is 0 Å². The molecule has 0 aromatic heterocycles. The number of hydrogen-bond acceptors (Lipinski definition) is 2. The summed E-state index contributed by atoms with van der Waals surface area (Å²) in [6, 6.07) is 2.90. The van der Waals surface area contributed by atoms with Gasteiger partial charge in [-0.3, -0.25) is 0 Å². The lowest BCUT2D eigenvalue weighted by Crippen LogP contribution is -2.12. The second-order valence-electron chi connectivity index (χ2n) is 3.57. The average molecular weight is 276 g/mol. The lowest BCUT2D eigenvalue weighted by Gasteiger charge is -2.16. The fourth-order valence-electron chi connectivity index (χ4n) is 1.30. The number of benzene rings is 1. The van der Waals surface area contributed by atoms with Gasteiger partial charge >= 0.3 is 0 Å². The van der Waals surface area contributed by atoms with Gasteiger partial charge in [-0.05, 0) is 49.0 Å². The molecule has 0 spiro atoms. The van der Waals surface area contributed by atoms with Gasteiger partial charge in [0.25, 0.3) is 0 Å². The van der Waals surface area contributed by atoms with Crippen LogP contribution in [0, 0.1) is 5.82 Å². The van der Waals surface area contributed by atoms with Crippen LogP contribution in [0.5, 0.6) is 5.75 Å². The number of ether oxygens (including phenoxy) is 1. The maximum Gasteiger partial charge on any atom is 0.138 e. The van der Waals surface area contributed by atoms with Gasteiger partial charge in [-0.2, -0.15) is 0 Å². The van der Waals surface area contributed by atoms with Crippen LogP contribution in [0.1, 0.15) is 19.4 Å². The van der Waals surface area contributed by atoms with E-state index < -0.39 is 0 Å². The monoisotopic (exact) mass is 275 g/mol. The first-order valence-corrected chi connectivity index (χ1v) is 5.63. The van der Waals surface area contributed by atoms with Crippen LogP contribution in [0.2, 0.25) is 0 Å². The van der Waals surface area contributed by atoms with Gasteiger partial charge in [-0.1, -0.05) is 0 Å². The standard InChI is InChI=1S/C11H15BrFNO/c1-7(2)15-11-8(6-14-3)4-9(13)5-10(11)12/h4-5,7,14H,6H2,1-3H3. The molecule has 15 heavy (non-hydrogen) atoms.